The highest BCUT2D eigenvalue weighted by Gasteiger charge is 2.18. The Morgan fingerprint density at radius 2 is 1.87 bits per heavy atom. The lowest BCUT2D eigenvalue weighted by Gasteiger charge is -2.24. The van der Waals surface area contributed by atoms with E-state index in [9.17, 15) is 5.11 Å². The van der Waals surface area contributed by atoms with Gasteiger partial charge >= 0.3 is 0 Å². The molecule has 1 saturated heterocycles. The number of benzene rings is 1. The molecule has 1 aromatic rings. The molecule has 0 amide bonds. The van der Waals surface area contributed by atoms with E-state index in [1.165, 1.54) is 0 Å². The van der Waals surface area contributed by atoms with E-state index in [-0.39, 0.29) is 6.10 Å². The lowest BCUT2D eigenvalue weighted by molar-refractivity contribution is 0.0435. The third kappa shape index (κ3) is 3.05. The molecule has 1 aromatic carbocycles. The fourth-order valence-corrected chi connectivity index (χ4v) is 2.11. The maximum Gasteiger partial charge on any atom is 0.0792 e. The molecule has 2 heteroatoms. The molecule has 0 bridgehead atoms. The predicted molar refractivity (Wildman–Crippen MR) is 59.6 cm³/mol. The minimum Gasteiger partial charge on any atom is -0.388 e. The smallest absolute Gasteiger partial charge is 0.0792 e. The van der Waals surface area contributed by atoms with Crippen LogP contribution in [-0.4, -0.2) is 18.3 Å². The number of rotatable bonds is 3. The Morgan fingerprint density at radius 1 is 1.20 bits per heavy atom. The van der Waals surface area contributed by atoms with Gasteiger partial charge in [0.2, 0.25) is 0 Å². The zero-order valence-corrected chi connectivity index (χ0v) is 8.93. The molecule has 0 aliphatic carbocycles. The summed E-state index contributed by atoms with van der Waals surface area (Å²) in [7, 11) is 0. The third-order valence-corrected chi connectivity index (χ3v) is 3.08. The van der Waals surface area contributed by atoms with Crippen LogP contribution in [0.15, 0.2) is 30.3 Å². The minimum absolute atomic E-state index is 0.311. The zero-order valence-electron chi connectivity index (χ0n) is 8.93. The SMILES string of the molecule is OC(CC1CCOCC1)c1ccccc1. The van der Waals surface area contributed by atoms with Gasteiger partial charge in [-0.1, -0.05) is 30.3 Å². The first kappa shape index (κ1) is 10.7. The summed E-state index contributed by atoms with van der Waals surface area (Å²) in [6.45, 7) is 1.71. The molecule has 1 aliphatic rings. The third-order valence-electron chi connectivity index (χ3n) is 3.08. The van der Waals surface area contributed by atoms with Crippen LogP contribution in [0.4, 0.5) is 0 Å². The quantitative estimate of drug-likeness (QED) is 0.823. The molecule has 1 heterocycles. The van der Waals surface area contributed by atoms with Crippen LogP contribution in [0.1, 0.15) is 30.9 Å². The van der Waals surface area contributed by atoms with Gasteiger partial charge in [0.25, 0.3) is 0 Å². The molecule has 1 fully saturated rings. The normalized spacial score (nSPS) is 20.1. The number of aliphatic hydroxyl groups excluding tert-OH is 1. The van der Waals surface area contributed by atoms with Gasteiger partial charge in [0.05, 0.1) is 6.10 Å². The summed E-state index contributed by atoms with van der Waals surface area (Å²) in [4.78, 5) is 0. The number of ether oxygens (including phenoxy) is 1. The summed E-state index contributed by atoms with van der Waals surface area (Å²) < 4.78 is 5.31. The zero-order chi connectivity index (χ0) is 10.5. The molecule has 82 valence electrons. The van der Waals surface area contributed by atoms with Gasteiger partial charge in [0, 0.05) is 13.2 Å². The van der Waals surface area contributed by atoms with E-state index < -0.39 is 0 Å². The average Bonchev–Trinajstić information content (AvgIpc) is 2.31. The van der Waals surface area contributed by atoms with E-state index in [1.807, 2.05) is 30.3 Å². The highest BCUT2D eigenvalue weighted by atomic mass is 16.5. The van der Waals surface area contributed by atoms with Crippen molar-refractivity contribution in [2.75, 3.05) is 13.2 Å². The van der Waals surface area contributed by atoms with Crippen molar-refractivity contribution in [2.24, 2.45) is 5.92 Å². The van der Waals surface area contributed by atoms with Crippen LogP contribution in [0.3, 0.4) is 0 Å². The summed E-state index contributed by atoms with van der Waals surface area (Å²) >= 11 is 0. The van der Waals surface area contributed by atoms with Gasteiger partial charge in [-0.3, -0.25) is 0 Å². The second kappa shape index (κ2) is 5.29. The van der Waals surface area contributed by atoms with Gasteiger partial charge < -0.3 is 9.84 Å². The average molecular weight is 206 g/mol. The molecule has 15 heavy (non-hydrogen) atoms. The van der Waals surface area contributed by atoms with E-state index >= 15 is 0 Å². The molecule has 2 nitrogen and oxygen atoms in total. The summed E-state index contributed by atoms with van der Waals surface area (Å²) in [5, 5.41) is 10.0. The molecule has 0 saturated carbocycles. The van der Waals surface area contributed by atoms with Gasteiger partial charge in [-0.15, -0.1) is 0 Å². The predicted octanol–water partition coefficient (Wildman–Crippen LogP) is 2.54. The van der Waals surface area contributed by atoms with Gasteiger partial charge in [0.15, 0.2) is 0 Å². The first-order valence-electron chi connectivity index (χ1n) is 5.67. The van der Waals surface area contributed by atoms with E-state index in [0.717, 1.165) is 38.0 Å². The molecule has 1 atom stereocenters. The lowest BCUT2D eigenvalue weighted by atomic mass is 9.91. The highest BCUT2D eigenvalue weighted by Crippen LogP contribution is 2.27. The number of aliphatic hydroxyl groups is 1. The monoisotopic (exact) mass is 206 g/mol. The Morgan fingerprint density at radius 3 is 2.53 bits per heavy atom. The second-order valence-corrected chi connectivity index (χ2v) is 4.22. The molecule has 1 unspecified atom stereocenters. The van der Waals surface area contributed by atoms with Crippen molar-refractivity contribution in [1.82, 2.24) is 0 Å². The van der Waals surface area contributed by atoms with Crippen LogP contribution in [0, 0.1) is 5.92 Å². The van der Waals surface area contributed by atoms with Crippen LogP contribution >= 0.6 is 0 Å². The Balaban J connectivity index is 1.88. The van der Waals surface area contributed by atoms with Crippen LogP contribution in [0.2, 0.25) is 0 Å². The van der Waals surface area contributed by atoms with Crippen LogP contribution in [0.5, 0.6) is 0 Å². The van der Waals surface area contributed by atoms with Crippen LogP contribution in [-0.2, 0) is 4.74 Å². The Bertz CT molecular complexity index is 278. The van der Waals surface area contributed by atoms with E-state index in [1.54, 1.807) is 0 Å². The second-order valence-electron chi connectivity index (χ2n) is 4.22. The van der Waals surface area contributed by atoms with Crippen molar-refractivity contribution < 1.29 is 9.84 Å². The van der Waals surface area contributed by atoms with E-state index in [4.69, 9.17) is 4.74 Å². The van der Waals surface area contributed by atoms with E-state index in [0.29, 0.717) is 5.92 Å². The fourth-order valence-electron chi connectivity index (χ4n) is 2.11. The van der Waals surface area contributed by atoms with Crippen molar-refractivity contribution in [1.29, 1.82) is 0 Å². The Kier molecular flexibility index (Phi) is 3.75. The molecule has 0 aromatic heterocycles. The van der Waals surface area contributed by atoms with Gasteiger partial charge in [-0.25, -0.2) is 0 Å². The number of hydrogen-bond donors (Lipinski definition) is 1. The van der Waals surface area contributed by atoms with Gasteiger partial charge in [0.1, 0.15) is 0 Å². The molecule has 1 aliphatic heterocycles. The van der Waals surface area contributed by atoms with Crippen molar-refractivity contribution in [2.45, 2.75) is 25.4 Å². The van der Waals surface area contributed by atoms with Crippen LogP contribution < -0.4 is 0 Å². The van der Waals surface area contributed by atoms with Gasteiger partial charge in [-0.05, 0) is 30.7 Å². The summed E-state index contributed by atoms with van der Waals surface area (Å²) in [6, 6.07) is 9.91. The first-order chi connectivity index (χ1) is 7.36. The van der Waals surface area contributed by atoms with Crippen molar-refractivity contribution in [3.63, 3.8) is 0 Å². The fraction of sp³-hybridized carbons (Fsp3) is 0.538. The summed E-state index contributed by atoms with van der Waals surface area (Å²) in [5.74, 6) is 0.619. The molecule has 0 spiro atoms. The van der Waals surface area contributed by atoms with Crippen molar-refractivity contribution >= 4 is 0 Å². The molecule has 0 radical (unpaired) electrons. The Labute approximate surface area is 90.9 Å². The standard InChI is InChI=1S/C13H18O2/c14-13(12-4-2-1-3-5-12)10-11-6-8-15-9-7-11/h1-5,11,13-14H,6-10H2. The van der Waals surface area contributed by atoms with E-state index in [2.05, 4.69) is 0 Å². The molecular formula is C13H18O2. The minimum atomic E-state index is -0.311. The van der Waals surface area contributed by atoms with Crippen molar-refractivity contribution in [3.05, 3.63) is 35.9 Å². The summed E-state index contributed by atoms with van der Waals surface area (Å²) in [6.07, 6.45) is 2.73. The van der Waals surface area contributed by atoms with Crippen molar-refractivity contribution in [3.8, 4) is 0 Å². The largest absolute Gasteiger partial charge is 0.388 e. The summed E-state index contributed by atoms with van der Waals surface area (Å²) in [5.41, 5.74) is 1.03. The molecule has 1 N–H and O–H groups in total. The lowest BCUT2D eigenvalue weighted by Crippen LogP contribution is -2.18. The molecular weight excluding hydrogens is 188 g/mol. The van der Waals surface area contributed by atoms with Crippen LogP contribution in [0.25, 0.3) is 0 Å². The highest BCUT2D eigenvalue weighted by molar-refractivity contribution is 5.17. The maximum absolute atomic E-state index is 10.0. The Hall–Kier alpha value is -0.860. The van der Waals surface area contributed by atoms with Gasteiger partial charge in [-0.2, -0.15) is 0 Å². The topological polar surface area (TPSA) is 29.5 Å². The maximum atomic E-state index is 10.0. The molecule has 2 rings (SSSR count). The first-order valence-corrected chi connectivity index (χ1v) is 5.67. The number of hydrogen-bond acceptors (Lipinski definition) is 2.